The zero-order valence-electron chi connectivity index (χ0n) is 21.5. The summed E-state index contributed by atoms with van der Waals surface area (Å²) in [5, 5.41) is 7.00. The van der Waals surface area contributed by atoms with Crippen LogP contribution in [0.4, 0.5) is 22.0 Å². The number of nitrogens with zero attached hydrogens (tertiary/aromatic N) is 6. The van der Waals surface area contributed by atoms with Crippen molar-refractivity contribution in [3.63, 3.8) is 0 Å². The van der Waals surface area contributed by atoms with Crippen molar-refractivity contribution >= 4 is 11.0 Å². The van der Waals surface area contributed by atoms with E-state index in [-0.39, 0.29) is 31.1 Å². The minimum atomic E-state index is -4.00. The Labute approximate surface area is 225 Å². The molecule has 3 aromatic heterocycles. The Morgan fingerprint density at radius 2 is 1.68 bits per heavy atom. The first-order valence-corrected chi connectivity index (χ1v) is 12.7. The predicted molar refractivity (Wildman–Crippen MR) is 134 cm³/mol. The Hall–Kier alpha value is -3.65. The van der Waals surface area contributed by atoms with Crippen LogP contribution in [0.15, 0.2) is 51.8 Å². The molecule has 2 saturated heterocycles. The van der Waals surface area contributed by atoms with Crippen molar-refractivity contribution in [1.82, 2.24) is 29.2 Å². The number of rotatable bonds is 6. The molecule has 5 heterocycles. The van der Waals surface area contributed by atoms with E-state index < -0.39 is 18.5 Å². The molecule has 0 atom stereocenters. The van der Waals surface area contributed by atoms with Gasteiger partial charge in [0.05, 0.1) is 48.1 Å². The number of fused-ring (bicyclic) bond motifs is 1. The number of pyridine rings is 1. The number of alkyl halides is 5. The second kappa shape index (κ2) is 11.5. The second-order valence-corrected chi connectivity index (χ2v) is 9.75. The molecule has 0 N–H and O–H groups in total. The number of benzene rings is 1. The number of likely N-dealkylation sites (tertiary alicyclic amines) is 1. The zero-order chi connectivity index (χ0) is 28.4. The first kappa shape index (κ1) is 27.9. The van der Waals surface area contributed by atoms with Crippen LogP contribution in [-0.4, -0.2) is 67.7 Å². The van der Waals surface area contributed by atoms with Crippen LogP contribution in [0.25, 0.3) is 22.5 Å². The summed E-state index contributed by atoms with van der Waals surface area (Å²) in [6, 6.07) is 11.9. The fraction of sp³-hybridized carbons (Fsp3) is 0.462. The second-order valence-electron chi connectivity index (χ2n) is 9.75. The molecule has 4 aromatic rings. The number of piperidine rings is 1. The molecule has 0 bridgehead atoms. The van der Waals surface area contributed by atoms with Gasteiger partial charge in [-0.2, -0.15) is 22.0 Å². The number of aromatic nitrogens is 5. The lowest BCUT2D eigenvalue weighted by molar-refractivity contribution is -0.110. The summed E-state index contributed by atoms with van der Waals surface area (Å²) in [5.41, 5.74) is 2.82. The Balaban J connectivity index is 0.000000595. The molecule has 0 aliphatic carbocycles. The Morgan fingerprint density at radius 3 is 2.23 bits per heavy atom. The van der Waals surface area contributed by atoms with Crippen LogP contribution < -0.4 is 5.69 Å². The fourth-order valence-corrected chi connectivity index (χ4v) is 4.93. The predicted octanol–water partition coefficient (Wildman–Crippen LogP) is 4.84. The smallest absolute Gasteiger partial charge is 0.386 e. The zero-order valence-corrected chi connectivity index (χ0v) is 21.5. The van der Waals surface area contributed by atoms with Crippen molar-refractivity contribution in [2.75, 3.05) is 26.3 Å². The van der Waals surface area contributed by atoms with E-state index in [0.717, 1.165) is 50.2 Å². The van der Waals surface area contributed by atoms with Gasteiger partial charge in [0.25, 0.3) is 5.89 Å². The summed E-state index contributed by atoms with van der Waals surface area (Å²) >= 11 is 0. The average molecular weight is 567 g/mol. The number of halogens is 5. The summed E-state index contributed by atoms with van der Waals surface area (Å²) in [6.07, 6.45) is -3.50. The molecule has 2 aliphatic heterocycles. The number of hydrogen-bond donors (Lipinski definition) is 0. The van der Waals surface area contributed by atoms with Crippen molar-refractivity contribution in [3.05, 3.63) is 64.7 Å². The van der Waals surface area contributed by atoms with Crippen molar-refractivity contribution in [1.29, 1.82) is 0 Å². The third-order valence-electron chi connectivity index (χ3n) is 6.89. The molecule has 0 unspecified atom stereocenters. The van der Waals surface area contributed by atoms with Gasteiger partial charge in [0, 0.05) is 32.3 Å². The Kier molecular flexibility index (Phi) is 7.99. The lowest BCUT2D eigenvalue weighted by atomic mass is 10.0. The van der Waals surface area contributed by atoms with E-state index in [4.69, 9.17) is 9.15 Å². The third-order valence-corrected chi connectivity index (χ3v) is 6.89. The molecular formula is C26H27F5N6O3. The van der Waals surface area contributed by atoms with Crippen LogP contribution in [0.5, 0.6) is 0 Å². The molecular weight excluding hydrogens is 539 g/mol. The van der Waals surface area contributed by atoms with E-state index in [0.29, 0.717) is 17.3 Å². The van der Waals surface area contributed by atoms with Crippen molar-refractivity contribution < 1.29 is 31.1 Å². The average Bonchev–Trinajstić information content (AvgIpc) is 3.47. The van der Waals surface area contributed by atoms with Gasteiger partial charge >= 0.3 is 18.3 Å². The van der Waals surface area contributed by atoms with Crippen LogP contribution in [0, 0.1) is 0 Å². The highest BCUT2D eigenvalue weighted by Gasteiger charge is 2.31. The van der Waals surface area contributed by atoms with E-state index in [1.165, 1.54) is 6.20 Å². The van der Waals surface area contributed by atoms with Gasteiger partial charge in [0.1, 0.15) is 0 Å². The summed E-state index contributed by atoms with van der Waals surface area (Å²) in [7, 11) is 0. The first-order valence-electron chi connectivity index (χ1n) is 12.7. The van der Waals surface area contributed by atoms with Gasteiger partial charge in [-0.25, -0.2) is 4.79 Å². The standard InChI is InChI=1S/C24H24F2N6O3.C2H3F3/c25-21(26)23-29-28-22(35-23)15-5-6-16(27-11-15)12-31-19-3-1-2-4-20(19)32(24(31)33)17-7-9-30(10-8-17)18-13-34-14-18;1-2(3,4)5/h1-6,11,17-18,21H,7-10,12-14H2;1H3. The van der Waals surface area contributed by atoms with E-state index >= 15 is 0 Å². The van der Waals surface area contributed by atoms with Gasteiger partial charge in [-0.3, -0.25) is 19.0 Å². The van der Waals surface area contributed by atoms with Crippen molar-refractivity contribution in [2.24, 2.45) is 0 Å². The molecule has 6 rings (SSSR count). The monoisotopic (exact) mass is 566 g/mol. The summed E-state index contributed by atoms with van der Waals surface area (Å²) < 4.78 is 70.5. The van der Waals surface area contributed by atoms with E-state index in [1.54, 1.807) is 16.7 Å². The van der Waals surface area contributed by atoms with Gasteiger partial charge in [-0.1, -0.05) is 12.1 Å². The van der Waals surface area contributed by atoms with Gasteiger partial charge in [-0.05, 0) is 37.1 Å². The SMILES string of the molecule is CC(F)(F)F.O=c1n(Cc2ccc(-c3nnc(C(F)F)o3)cn2)c2ccccc2n1C1CCN(C2COC2)CC1. The molecule has 0 saturated carbocycles. The van der Waals surface area contributed by atoms with E-state index in [9.17, 15) is 26.7 Å². The minimum Gasteiger partial charge on any atom is -0.415 e. The van der Waals surface area contributed by atoms with Gasteiger partial charge < -0.3 is 9.15 Å². The van der Waals surface area contributed by atoms with Crippen LogP contribution >= 0.6 is 0 Å². The van der Waals surface area contributed by atoms with Crippen LogP contribution in [0.1, 0.15) is 43.8 Å². The molecule has 0 spiro atoms. The van der Waals surface area contributed by atoms with Gasteiger partial charge in [0.15, 0.2) is 0 Å². The maximum Gasteiger partial charge on any atom is 0.386 e. The maximum atomic E-state index is 13.6. The summed E-state index contributed by atoms with van der Waals surface area (Å²) in [6.45, 7) is 3.99. The quantitative estimate of drug-likeness (QED) is 0.309. The molecule has 2 aliphatic rings. The van der Waals surface area contributed by atoms with Gasteiger partial charge in [0.2, 0.25) is 5.89 Å². The highest BCUT2D eigenvalue weighted by molar-refractivity contribution is 5.76. The largest absolute Gasteiger partial charge is 0.415 e. The molecule has 0 radical (unpaired) electrons. The summed E-state index contributed by atoms with van der Waals surface area (Å²) in [5.74, 6) is -0.747. The van der Waals surface area contributed by atoms with Crippen molar-refractivity contribution in [2.45, 2.75) is 51.0 Å². The Bertz CT molecular complexity index is 1480. The van der Waals surface area contributed by atoms with Gasteiger partial charge in [-0.15, -0.1) is 10.2 Å². The molecule has 0 amide bonds. The lowest BCUT2D eigenvalue weighted by Gasteiger charge is -2.41. The highest BCUT2D eigenvalue weighted by atomic mass is 19.4. The fourth-order valence-electron chi connectivity index (χ4n) is 4.93. The van der Waals surface area contributed by atoms with E-state index in [1.807, 2.05) is 28.8 Å². The number of para-hydroxylation sites is 2. The lowest BCUT2D eigenvalue weighted by Crippen LogP contribution is -2.52. The first-order chi connectivity index (χ1) is 19.1. The molecule has 14 heteroatoms. The molecule has 2 fully saturated rings. The minimum absolute atomic E-state index is 0.0204. The molecule has 214 valence electrons. The van der Waals surface area contributed by atoms with Crippen LogP contribution in [0.2, 0.25) is 0 Å². The summed E-state index contributed by atoms with van der Waals surface area (Å²) in [4.78, 5) is 20.5. The van der Waals surface area contributed by atoms with Crippen LogP contribution in [0.3, 0.4) is 0 Å². The van der Waals surface area contributed by atoms with E-state index in [2.05, 4.69) is 20.1 Å². The number of ether oxygens (including phenoxy) is 1. The third kappa shape index (κ3) is 6.22. The molecule has 9 nitrogen and oxygen atoms in total. The normalized spacial score (nSPS) is 17.2. The topological polar surface area (TPSA) is 91.2 Å². The van der Waals surface area contributed by atoms with Crippen molar-refractivity contribution in [3.8, 4) is 11.5 Å². The number of imidazole rings is 1. The highest BCUT2D eigenvalue weighted by Crippen LogP contribution is 2.28. The number of hydrogen-bond acceptors (Lipinski definition) is 7. The molecule has 40 heavy (non-hydrogen) atoms. The Morgan fingerprint density at radius 1 is 1.00 bits per heavy atom. The molecule has 1 aromatic carbocycles. The maximum absolute atomic E-state index is 13.6. The van der Waals surface area contributed by atoms with Crippen LogP contribution in [-0.2, 0) is 11.3 Å².